The minimum absolute atomic E-state index is 0.0485. The molecule has 1 rings (SSSR count). The molecule has 0 spiro atoms. The van der Waals surface area contributed by atoms with Gasteiger partial charge in [-0.25, -0.2) is 0 Å². The number of rotatable bonds is 8. The largest absolute Gasteiger partial charge is 0.351 e. The van der Waals surface area contributed by atoms with Crippen LogP contribution in [0.25, 0.3) is 0 Å². The van der Waals surface area contributed by atoms with Crippen molar-refractivity contribution in [3.8, 4) is 0 Å². The molecule has 0 radical (unpaired) electrons. The second-order valence-electron chi connectivity index (χ2n) is 4.24. The zero-order valence-corrected chi connectivity index (χ0v) is 11.5. The smallest absolute Gasteiger partial charge is 0.174 e. The van der Waals surface area contributed by atoms with E-state index >= 15 is 0 Å². The first-order valence-electron chi connectivity index (χ1n) is 6.46. The molecular weight excluding hydrogens is 228 g/mol. The fourth-order valence-electron chi connectivity index (χ4n) is 1.82. The highest BCUT2D eigenvalue weighted by atomic mass is 16.7. The molecule has 0 amide bonds. The van der Waals surface area contributed by atoms with Gasteiger partial charge in [-0.2, -0.15) is 0 Å². The Morgan fingerprint density at radius 1 is 1.11 bits per heavy atom. The summed E-state index contributed by atoms with van der Waals surface area (Å²) < 4.78 is 11.1. The van der Waals surface area contributed by atoms with Gasteiger partial charge < -0.3 is 9.47 Å². The van der Waals surface area contributed by atoms with Gasteiger partial charge in [0.1, 0.15) is 0 Å². The van der Waals surface area contributed by atoms with E-state index in [1.807, 2.05) is 13.8 Å². The lowest BCUT2D eigenvalue weighted by atomic mass is 10.0. The summed E-state index contributed by atoms with van der Waals surface area (Å²) >= 11 is 0. The molecule has 1 atom stereocenters. The van der Waals surface area contributed by atoms with Crippen LogP contribution in [0, 0.1) is 6.92 Å². The number of nitrogens with one attached hydrogen (secondary N) is 1. The van der Waals surface area contributed by atoms with E-state index < -0.39 is 0 Å². The average Bonchev–Trinajstić information content (AvgIpc) is 2.38. The molecule has 1 aromatic rings. The van der Waals surface area contributed by atoms with Crippen LogP contribution in [0.3, 0.4) is 0 Å². The van der Waals surface area contributed by atoms with Crippen molar-refractivity contribution in [1.29, 1.82) is 0 Å². The van der Waals surface area contributed by atoms with Crippen LogP contribution in [-0.4, -0.2) is 25.5 Å². The van der Waals surface area contributed by atoms with Crippen molar-refractivity contribution in [1.82, 2.24) is 5.43 Å². The normalized spacial score (nSPS) is 12.9. The molecule has 0 aliphatic rings. The summed E-state index contributed by atoms with van der Waals surface area (Å²) in [5, 5.41) is 0. The van der Waals surface area contributed by atoms with E-state index in [2.05, 4.69) is 36.6 Å². The van der Waals surface area contributed by atoms with E-state index in [4.69, 9.17) is 15.3 Å². The Kier molecular flexibility index (Phi) is 6.90. The van der Waals surface area contributed by atoms with E-state index in [1.54, 1.807) is 0 Å². The van der Waals surface area contributed by atoms with Gasteiger partial charge in [0.05, 0.1) is 6.04 Å². The van der Waals surface area contributed by atoms with Crippen molar-refractivity contribution < 1.29 is 9.47 Å². The summed E-state index contributed by atoms with van der Waals surface area (Å²) in [5.74, 6) is 5.60. The van der Waals surface area contributed by atoms with Crippen LogP contribution in [0.15, 0.2) is 24.3 Å². The van der Waals surface area contributed by atoms with Crippen molar-refractivity contribution in [3.63, 3.8) is 0 Å². The van der Waals surface area contributed by atoms with Crippen LogP contribution in [0.1, 0.15) is 25.0 Å². The van der Waals surface area contributed by atoms with Crippen molar-refractivity contribution in [3.05, 3.63) is 35.4 Å². The van der Waals surface area contributed by atoms with Gasteiger partial charge in [0.25, 0.3) is 0 Å². The second kappa shape index (κ2) is 8.21. The van der Waals surface area contributed by atoms with Crippen LogP contribution in [-0.2, 0) is 15.9 Å². The summed E-state index contributed by atoms with van der Waals surface area (Å²) in [5.41, 5.74) is 5.25. The van der Waals surface area contributed by atoms with Gasteiger partial charge >= 0.3 is 0 Å². The van der Waals surface area contributed by atoms with E-state index in [0.29, 0.717) is 13.2 Å². The third-order valence-electron chi connectivity index (χ3n) is 2.78. The first-order chi connectivity index (χ1) is 8.71. The second-order valence-corrected chi connectivity index (χ2v) is 4.24. The number of hydrazine groups is 1. The van der Waals surface area contributed by atoms with Crippen molar-refractivity contribution in [2.75, 3.05) is 13.2 Å². The minimum atomic E-state index is -0.314. The van der Waals surface area contributed by atoms with Crippen LogP contribution in [0.2, 0.25) is 0 Å². The molecule has 0 aromatic heterocycles. The standard InChI is InChI=1S/C14H24N2O2/c1-4-17-14(18-5-2)13(16-15)10-12-8-6-11(3)7-9-12/h6-9,13-14,16H,4-5,10,15H2,1-3H3. The van der Waals surface area contributed by atoms with Gasteiger partial charge in [-0.1, -0.05) is 29.8 Å². The SMILES string of the molecule is CCOC(OCC)C(Cc1ccc(C)cc1)NN. The lowest BCUT2D eigenvalue weighted by Crippen LogP contribution is -2.48. The molecule has 3 N–H and O–H groups in total. The highest BCUT2D eigenvalue weighted by Gasteiger charge is 2.21. The van der Waals surface area contributed by atoms with Crippen LogP contribution < -0.4 is 11.3 Å². The van der Waals surface area contributed by atoms with Crippen molar-refractivity contribution in [2.24, 2.45) is 5.84 Å². The summed E-state index contributed by atoms with van der Waals surface area (Å²) in [7, 11) is 0. The first-order valence-corrected chi connectivity index (χ1v) is 6.46. The molecule has 4 nitrogen and oxygen atoms in total. The Hall–Kier alpha value is -0.940. The molecule has 18 heavy (non-hydrogen) atoms. The predicted octanol–water partition coefficient (Wildman–Crippen LogP) is 1.77. The van der Waals surface area contributed by atoms with E-state index in [0.717, 1.165) is 6.42 Å². The maximum atomic E-state index is 5.60. The Morgan fingerprint density at radius 2 is 1.67 bits per heavy atom. The van der Waals surface area contributed by atoms with Gasteiger partial charge in [-0.3, -0.25) is 11.3 Å². The molecule has 0 saturated carbocycles. The number of nitrogens with two attached hydrogens (primary N) is 1. The Balaban J connectivity index is 2.66. The van der Waals surface area contributed by atoms with Crippen LogP contribution in [0.5, 0.6) is 0 Å². The summed E-state index contributed by atoms with van der Waals surface area (Å²) in [4.78, 5) is 0. The highest BCUT2D eigenvalue weighted by molar-refractivity contribution is 5.22. The molecule has 0 heterocycles. The predicted molar refractivity (Wildman–Crippen MR) is 73.0 cm³/mol. The molecule has 1 aromatic carbocycles. The molecule has 0 saturated heterocycles. The third-order valence-corrected chi connectivity index (χ3v) is 2.78. The summed E-state index contributed by atoms with van der Waals surface area (Å²) in [6.07, 6.45) is 0.466. The van der Waals surface area contributed by atoms with Gasteiger partial charge in [0.2, 0.25) is 0 Å². The van der Waals surface area contributed by atoms with Gasteiger partial charge in [-0.05, 0) is 32.8 Å². The molecular formula is C14H24N2O2. The third kappa shape index (κ3) is 4.74. The number of benzene rings is 1. The number of ether oxygens (including phenoxy) is 2. The van der Waals surface area contributed by atoms with Gasteiger partial charge in [-0.15, -0.1) is 0 Å². The zero-order chi connectivity index (χ0) is 13.4. The first kappa shape index (κ1) is 15.1. The monoisotopic (exact) mass is 252 g/mol. The van der Waals surface area contributed by atoms with Crippen LogP contribution in [0.4, 0.5) is 0 Å². The lowest BCUT2D eigenvalue weighted by molar-refractivity contribution is -0.153. The van der Waals surface area contributed by atoms with Crippen molar-refractivity contribution >= 4 is 0 Å². The van der Waals surface area contributed by atoms with Gasteiger partial charge in [0, 0.05) is 13.2 Å². The van der Waals surface area contributed by atoms with Gasteiger partial charge in [0.15, 0.2) is 6.29 Å². The van der Waals surface area contributed by atoms with Crippen LogP contribution >= 0.6 is 0 Å². The lowest BCUT2D eigenvalue weighted by Gasteiger charge is -2.26. The van der Waals surface area contributed by atoms with E-state index in [1.165, 1.54) is 11.1 Å². The highest BCUT2D eigenvalue weighted by Crippen LogP contribution is 2.11. The molecule has 1 unspecified atom stereocenters. The summed E-state index contributed by atoms with van der Waals surface area (Å²) in [6, 6.07) is 8.36. The number of hydrogen-bond acceptors (Lipinski definition) is 4. The maximum Gasteiger partial charge on any atom is 0.174 e. The Bertz CT molecular complexity index is 321. The Labute approximate surface area is 109 Å². The van der Waals surface area contributed by atoms with E-state index in [-0.39, 0.29) is 12.3 Å². The maximum absolute atomic E-state index is 5.60. The van der Waals surface area contributed by atoms with E-state index in [9.17, 15) is 0 Å². The fraction of sp³-hybridized carbons (Fsp3) is 0.571. The van der Waals surface area contributed by atoms with Crippen molar-refractivity contribution in [2.45, 2.75) is 39.5 Å². The minimum Gasteiger partial charge on any atom is -0.351 e. The quantitative estimate of drug-likeness (QED) is 0.420. The molecule has 0 bridgehead atoms. The zero-order valence-electron chi connectivity index (χ0n) is 11.5. The molecule has 0 fully saturated rings. The fourth-order valence-corrected chi connectivity index (χ4v) is 1.82. The molecule has 102 valence electrons. The Morgan fingerprint density at radius 3 is 2.11 bits per heavy atom. The molecule has 0 aliphatic carbocycles. The number of aryl methyl sites for hydroxylation is 1. The topological polar surface area (TPSA) is 56.5 Å². The summed E-state index contributed by atoms with van der Waals surface area (Å²) in [6.45, 7) is 7.19. The molecule has 4 heteroatoms. The average molecular weight is 252 g/mol. The molecule has 0 aliphatic heterocycles. The number of hydrogen-bond donors (Lipinski definition) is 2.